The molecule has 2 aliphatic rings. The van der Waals surface area contributed by atoms with Crippen molar-refractivity contribution in [2.24, 2.45) is 5.92 Å². The SMILES string of the molecule is C=C[C@H]1CN(Cc2ccccc2)[C@]12CCNC2. The summed E-state index contributed by atoms with van der Waals surface area (Å²) in [6.45, 7) is 8.50. The summed E-state index contributed by atoms with van der Waals surface area (Å²) in [4.78, 5) is 2.62. The fourth-order valence-electron chi connectivity index (χ4n) is 3.32. The van der Waals surface area contributed by atoms with Crippen molar-refractivity contribution in [2.45, 2.75) is 18.5 Å². The summed E-state index contributed by atoms with van der Waals surface area (Å²) in [5, 5.41) is 3.51. The van der Waals surface area contributed by atoms with Gasteiger partial charge in [0.05, 0.1) is 0 Å². The summed E-state index contributed by atoms with van der Waals surface area (Å²) in [5.41, 5.74) is 1.78. The molecule has 2 saturated heterocycles. The van der Waals surface area contributed by atoms with Crippen LogP contribution in [0.3, 0.4) is 0 Å². The maximum atomic E-state index is 3.99. The molecule has 0 aliphatic carbocycles. The minimum Gasteiger partial charge on any atom is -0.315 e. The first kappa shape index (κ1) is 11.0. The second-order valence-electron chi connectivity index (χ2n) is 5.24. The van der Waals surface area contributed by atoms with Crippen molar-refractivity contribution < 1.29 is 0 Å². The van der Waals surface area contributed by atoms with Crippen molar-refractivity contribution in [3.8, 4) is 0 Å². The van der Waals surface area contributed by atoms with Gasteiger partial charge in [-0.1, -0.05) is 36.4 Å². The van der Waals surface area contributed by atoms with Crippen LogP contribution >= 0.6 is 0 Å². The second kappa shape index (κ2) is 4.28. The Labute approximate surface area is 103 Å². The molecule has 0 radical (unpaired) electrons. The van der Waals surface area contributed by atoms with E-state index in [4.69, 9.17) is 0 Å². The number of likely N-dealkylation sites (tertiary alicyclic amines) is 1. The zero-order chi connectivity index (χ0) is 11.7. The van der Waals surface area contributed by atoms with Crippen molar-refractivity contribution in [2.75, 3.05) is 19.6 Å². The highest BCUT2D eigenvalue weighted by atomic mass is 15.3. The molecule has 1 aromatic carbocycles. The van der Waals surface area contributed by atoms with Gasteiger partial charge in [-0.15, -0.1) is 6.58 Å². The molecule has 90 valence electrons. The van der Waals surface area contributed by atoms with E-state index in [0.717, 1.165) is 19.6 Å². The molecule has 1 N–H and O–H groups in total. The van der Waals surface area contributed by atoms with Gasteiger partial charge >= 0.3 is 0 Å². The third-order valence-corrected chi connectivity index (χ3v) is 4.40. The van der Waals surface area contributed by atoms with Crippen molar-refractivity contribution >= 4 is 0 Å². The largest absolute Gasteiger partial charge is 0.315 e. The molecule has 2 heterocycles. The summed E-state index contributed by atoms with van der Waals surface area (Å²) < 4.78 is 0. The third kappa shape index (κ3) is 1.72. The van der Waals surface area contributed by atoms with Gasteiger partial charge in [-0.2, -0.15) is 0 Å². The molecule has 1 spiro atoms. The molecule has 0 unspecified atom stereocenters. The Bertz CT molecular complexity index is 393. The van der Waals surface area contributed by atoms with Crippen LogP contribution in [0.5, 0.6) is 0 Å². The van der Waals surface area contributed by atoms with Crippen molar-refractivity contribution in [3.05, 3.63) is 48.6 Å². The molecule has 3 rings (SSSR count). The quantitative estimate of drug-likeness (QED) is 0.796. The average Bonchev–Trinajstić information content (AvgIpc) is 2.87. The van der Waals surface area contributed by atoms with Gasteiger partial charge in [0.1, 0.15) is 0 Å². The van der Waals surface area contributed by atoms with E-state index in [1.807, 2.05) is 0 Å². The Hall–Kier alpha value is -1.12. The molecular formula is C15H20N2. The fraction of sp³-hybridized carbons (Fsp3) is 0.467. The number of hydrogen-bond acceptors (Lipinski definition) is 2. The van der Waals surface area contributed by atoms with Gasteiger partial charge in [-0.25, -0.2) is 0 Å². The molecule has 0 amide bonds. The summed E-state index contributed by atoms with van der Waals surface area (Å²) in [6.07, 6.45) is 3.41. The minimum atomic E-state index is 0.359. The second-order valence-corrected chi connectivity index (χ2v) is 5.24. The number of hydrogen-bond donors (Lipinski definition) is 1. The number of nitrogens with one attached hydrogen (secondary N) is 1. The summed E-state index contributed by atoms with van der Waals surface area (Å²) in [7, 11) is 0. The molecule has 0 bridgehead atoms. The van der Waals surface area contributed by atoms with E-state index >= 15 is 0 Å². The van der Waals surface area contributed by atoms with Crippen LogP contribution in [-0.2, 0) is 6.54 Å². The van der Waals surface area contributed by atoms with Crippen LogP contribution in [0, 0.1) is 5.92 Å². The monoisotopic (exact) mass is 228 g/mol. The Morgan fingerprint density at radius 3 is 2.88 bits per heavy atom. The molecule has 0 aromatic heterocycles. The highest BCUT2D eigenvalue weighted by molar-refractivity contribution is 5.20. The van der Waals surface area contributed by atoms with Gasteiger partial charge in [0.2, 0.25) is 0 Å². The van der Waals surface area contributed by atoms with Gasteiger partial charge in [0, 0.05) is 31.1 Å². The van der Waals surface area contributed by atoms with Crippen LogP contribution < -0.4 is 5.32 Å². The molecule has 1 aromatic rings. The lowest BCUT2D eigenvalue weighted by Crippen LogP contribution is -2.67. The van der Waals surface area contributed by atoms with Crippen LogP contribution in [-0.4, -0.2) is 30.1 Å². The van der Waals surface area contributed by atoms with E-state index in [-0.39, 0.29) is 0 Å². The Kier molecular flexibility index (Phi) is 2.77. The maximum Gasteiger partial charge on any atom is 0.0424 e. The van der Waals surface area contributed by atoms with Gasteiger partial charge < -0.3 is 5.32 Å². The Morgan fingerprint density at radius 1 is 1.41 bits per heavy atom. The predicted octanol–water partition coefficient (Wildman–Crippen LogP) is 2.04. The first-order valence-corrected chi connectivity index (χ1v) is 6.47. The van der Waals surface area contributed by atoms with Gasteiger partial charge in [-0.05, 0) is 18.5 Å². The molecule has 17 heavy (non-hydrogen) atoms. The van der Waals surface area contributed by atoms with Crippen LogP contribution in [0.15, 0.2) is 43.0 Å². The first-order chi connectivity index (χ1) is 8.35. The van der Waals surface area contributed by atoms with Gasteiger partial charge in [-0.3, -0.25) is 4.90 Å². The normalized spacial score (nSPS) is 32.6. The predicted molar refractivity (Wildman–Crippen MR) is 70.8 cm³/mol. The van der Waals surface area contributed by atoms with Crippen LogP contribution in [0.25, 0.3) is 0 Å². The fourth-order valence-corrected chi connectivity index (χ4v) is 3.32. The minimum absolute atomic E-state index is 0.359. The lowest BCUT2D eigenvalue weighted by atomic mass is 9.73. The van der Waals surface area contributed by atoms with E-state index in [2.05, 4.69) is 53.2 Å². The average molecular weight is 228 g/mol. The van der Waals surface area contributed by atoms with Crippen LogP contribution in [0.1, 0.15) is 12.0 Å². The van der Waals surface area contributed by atoms with Crippen LogP contribution in [0.2, 0.25) is 0 Å². The molecule has 2 fully saturated rings. The number of nitrogens with zero attached hydrogens (tertiary/aromatic N) is 1. The smallest absolute Gasteiger partial charge is 0.0424 e. The van der Waals surface area contributed by atoms with Crippen molar-refractivity contribution in [1.29, 1.82) is 0 Å². The molecule has 2 aliphatic heterocycles. The summed E-state index contributed by atoms with van der Waals surface area (Å²) in [6, 6.07) is 10.8. The van der Waals surface area contributed by atoms with E-state index in [1.54, 1.807) is 0 Å². The zero-order valence-corrected chi connectivity index (χ0v) is 10.2. The van der Waals surface area contributed by atoms with E-state index in [0.29, 0.717) is 11.5 Å². The topological polar surface area (TPSA) is 15.3 Å². The zero-order valence-electron chi connectivity index (χ0n) is 10.2. The Morgan fingerprint density at radius 2 is 2.24 bits per heavy atom. The van der Waals surface area contributed by atoms with Crippen LogP contribution in [0.4, 0.5) is 0 Å². The molecular weight excluding hydrogens is 208 g/mol. The van der Waals surface area contributed by atoms with Gasteiger partial charge in [0.25, 0.3) is 0 Å². The number of benzene rings is 1. The molecule has 2 heteroatoms. The van der Waals surface area contributed by atoms with Gasteiger partial charge in [0.15, 0.2) is 0 Å². The summed E-state index contributed by atoms with van der Waals surface area (Å²) >= 11 is 0. The third-order valence-electron chi connectivity index (χ3n) is 4.40. The van der Waals surface area contributed by atoms with E-state index < -0.39 is 0 Å². The standard InChI is InChI=1S/C15H20N2/c1-2-14-11-17(15(14)8-9-16-12-15)10-13-6-4-3-5-7-13/h2-7,14,16H,1,8-12H2/t14-,15-/m0/s1. The lowest BCUT2D eigenvalue weighted by Gasteiger charge is -2.56. The highest BCUT2D eigenvalue weighted by Gasteiger charge is 2.52. The maximum absolute atomic E-state index is 3.99. The van der Waals surface area contributed by atoms with Crippen molar-refractivity contribution in [1.82, 2.24) is 10.2 Å². The molecule has 2 nitrogen and oxygen atoms in total. The summed E-state index contributed by atoms with van der Waals surface area (Å²) in [5.74, 6) is 0.668. The van der Waals surface area contributed by atoms with E-state index in [9.17, 15) is 0 Å². The molecule has 0 saturated carbocycles. The Balaban J connectivity index is 1.75. The lowest BCUT2D eigenvalue weighted by molar-refractivity contribution is -0.0514. The van der Waals surface area contributed by atoms with E-state index in [1.165, 1.54) is 18.5 Å². The first-order valence-electron chi connectivity index (χ1n) is 6.47. The number of rotatable bonds is 3. The highest BCUT2D eigenvalue weighted by Crippen LogP contribution is 2.42. The molecule has 2 atom stereocenters. The van der Waals surface area contributed by atoms with Crippen molar-refractivity contribution in [3.63, 3.8) is 0 Å².